The van der Waals surface area contributed by atoms with Crippen molar-refractivity contribution in [2.24, 2.45) is 7.05 Å². The number of halogens is 1. The fourth-order valence-corrected chi connectivity index (χ4v) is 3.64. The molecule has 0 aliphatic heterocycles. The maximum Gasteiger partial charge on any atom is 0.435 e. The highest BCUT2D eigenvalue weighted by molar-refractivity contribution is 5.88. The number of carbonyl (C=O) groups excluding carboxylic acids is 1. The van der Waals surface area contributed by atoms with Gasteiger partial charge in [0, 0.05) is 35.8 Å². The van der Waals surface area contributed by atoms with Crippen LogP contribution in [0.3, 0.4) is 0 Å². The number of hydrogen-bond acceptors (Lipinski definition) is 7. The molecular weight excluding hydrogens is 469 g/mol. The molecule has 0 atom stereocenters. The summed E-state index contributed by atoms with van der Waals surface area (Å²) in [5, 5.41) is 20.0. The Kier molecular flexibility index (Phi) is 5.87. The van der Waals surface area contributed by atoms with Gasteiger partial charge in [-0.2, -0.15) is 14.9 Å². The van der Waals surface area contributed by atoms with E-state index in [1.54, 1.807) is 30.1 Å². The number of ether oxygens (including phenoxy) is 2. The summed E-state index contributed by atoms with van der Waals surface area (Å²) in [4.78, 5) is 22.8. The number of rotatable bonds is 6. The SMILES string of the molecule is Cn1ncc2cc(Oc3ccc([N+](=O)[O-])cc3F)c(-c3cnn(C(=O)OCc4ccccc4)c3)cc21. The summed E-state index contributed by atoms with van der Waals surface area (Å²) in [5.74, 6) is -0.832. The van der Waals surface area contributed by atoms with E-state index >= 15 is 0 Å². The van der Waals surface area contributed by atoms with Crippen LogP contribution < -0.4 is 4.74 Å². The van der Waals surface area contributed by atoms with Crippen molar-refractivity contribution in [3.05, 3.63) is 101 Å². The second-order valence-electron chi connectivity index (χ2n) is 7.86. The van der Waals surface area contributed by atoms with Gasteiger partial charge in [-0.05, 0) is 23.8 Å². The lowest BCUT2D eigenvalue weighted by molar-refractivity contribution is -0.385. The Labute approximate surface area is 203 Å². The first-order chi connectivity index (χ1) is 17.4. The highest BCUT2D eigenvalue weighted by Crippen LogP contribution is 2.38. The predicted molar refractivity (Wildman–Crippen MR) is 127 cm³/mol. The molecule has 180 valence electrons. The topological polar surface area (TPSA) is 114 Å². The number of carbonyl (C=O) groups is 1. The van der Waals surface area contributed by atoms with Gasteiger partial charge in [0.15, 0.2) is 11.6 Å². The fourth-order valence-electron chi connectivity index (χ4n) is 3.64. The standard InChI is InChI=1S/C25H18FN5O5/c1-29-22-11-20(18-13-28-30(14-18)25(32)35-15-16-5-3-2-4-6-16)24(9-17(22)12-27-29)36-23-8-7-19(31(33)34)10-21(23)26/h2-14H,15H2,1H3. The number of fused-ring (bicyclic) bond motifs is 1. The van der Waals surface area contributed by atoms with Gasteiger partial charge in [0.2, 0.25) is 0 Å². The molecule has 0 aliphatic rings. The number of benzene rings is 3. The molecule has 5 aromatic rings. The van der Waals surface area contributed by atoms with E-state index in [1.807, 2.05) is 30.3 Å². The monoisotopic (exact) mass is 487 g/mol. The molecule has 0 radical (unpaired) electrons. The van der Waals surface area contributed by atoms with Crippen LogP contribution in [0.4, 0.5) is 14.9 Å². The summed E-state index contributed by atoms with van der Waals surface area (Å²) >= 11 is 0. The van der Waals surface area contributed by atoms with Gasteiger partial charge in [-0.1, -0.05) is 30.3 Å². The zero-order valence-electron chi connectivity index (χ0n) is 18.9. The number of aromatic nitrogens is 4. The van der Waals surface area contributed by atoms with Crippen molar-refractivity contribution in [1.82, 2.24) is 19.6 Å². The van der Waals surface area contributed by atoms with Crippen molar-refractivity contribution in [2.45, 2.75) is 6.61 Å². The molecule has 0 bridgehead atoms. The molecule has 11 heteroatoms. The minimum Gasteiger partial charge on any atom is -0.454 e. The zero-order valence-corrected chi connectivity index (χ0v) is 18.9. The molecule has 0 spiro atoms. The molecule has 3 aromatic carbocycles. The first kappa shape index (κ1) is 22.7. The Morgan fingerprint density at radius 2 is 1.86 bits per heavy atom. The van der Waals surface area contributed by atoms with Crippen LogP contribution in [0.15, 0.2) is 79.3 Å². The van der Waals surface area contributed by atoms with Crippen LogP contribution in [0.1, 0.15) is 5.56 Å². The molecule has 5 rings (SSSR count). The third-order valence-electron chi connectivity index (χ3n) is 5.48. The van der Waals surface area contributed by atoms with Gasteiger partial charge in [-0.3, -0.25) is 14.8 Å². The zero-order chi connectivity index (χ0) is 25.2. The van der Waals surface area contributed by atoms with Gasteiger partial charge in [-0.25, -0.2) is 9.18 Å². The van der Waals surface area contributed by atoms with E-state index in [-0.39, 0.29) is 18.1 Å². The van der Waals surface area contributed by atoms with Crippen molar-refractivity contribution >= 4 is 22.7 Å². The number of nitro groups is 1. The van der Waals surface area contributed by atoms with E-state index in [0.717, 1.165) is 33.3 Å². The number of aryl methyl sites for hydroxylation is 1. The van der Waals surface area contributed by atoms with Crippen LogP contribution in [-0.2, 0) is 18.4 Å². The second kappa shape index (κ2) is 9.29. The molecule has 0 aliphatic carbocycles. The number of nitro benzene ring substituents is 1. The lowest BCUT2D eigenvalue weighted by atomic mass is 10.1. The van der Waals surface area contributed by atoms with Gasteiger partial charge < -0.3 is 9.47 Å². The number of hydrogen-bond donors (Lipinski definition) is 0. The predicted octanol–water partition coefficient (Wildman–Crippen LogP) is 5.46. The first-order valence-corrected chi connectivity index (χ1v) is 10.7. The Morgan fingerprint density at radius 3 is 2.61 bits per heavy atom. The van der Waals surface area contributed by atoms with Crippen LogP contribution >= 0.6 is 0 Å². The third-order valence-corrected chi connectivity index (χ3v) is 5.48. The summed E-state index contributed by atoms with van der Waals surface area (Å²) in [6.45, 7) is 0.0869. The van der Waals surface area contributed by atoms with Gasteiger partial charge >= 0.3 is 6.09 Å². The average molecular weight is 487 g/mol. The van der Waals surface area contributed by atoms with Crippen LogP contribution in [0.2, 0.25) is 0 Å². The molecule has 2 aromatic heterocycles. The van der Waals surface area contributed by atoms with Crippen LogP contribution in [-0.4, -0.2) is 30.6 Å². The molecule has 0 N–H and O–H groups in total. The summed E-state index contributed by atoms with van der Waals surface area (Å²) in [7, 11) is 1.77. The van der Waals surface area contributed by atoms with E-state index in [1.165, 1.54) is 18.5 Å². The minimum atomic E-state index is -0.887. The minimum absolute atomic E-state index is 0.0869. The first-order valence-electron chi connectivity index (χ1n) is 10.7. The second-order valence-corrected chi connectivity index (χ2v) is 7.86. The van der Waals surface area contributed by atoms with Gasteiger partial charge in [0.25, 0.3) is 5.69 Å². The van der Waals surface area contributed by atoms with Crippen molar-refractivity contribution in [2.75, 3.05) is 0 Å². The number of nitrogens with zero attached hydrogens (tertiary/aromatic N) is 5. The van der Waals surface area contributed by atoms with Crippen molar-refractivity contribution in [3.63, 3.8) is 0 Å². The fraction of sp³-hybridized carbons (Fsp3) is 0.0800. The highest BCUT2D eigenvalue weighted by atomic mass is 19.1. The van der Waals surface area contributed by atoms with Crippen LogP contribution in [0.25, 0.3) is 22.0 Å². The van der Waals surface area contributed by atoms with E-state index in [2.05, 4.69) is 10.2 Å². The normalized spacial score (nSPS) is 10.9. The van der Waals surface area contributed by atoms with Gasteiger partial charge in [0.05, 0.1) is 28.9 Å². The Balaban J connectivity index is 1.47. The van der Waals surface area contributed by atoms with Crippen LogP contribution in [0.5, 0.6) is 11.5 Å². The summed E-state index contributed by atoms with van der Waals surface area (Å²) in [6, 6.07) is 15.8. The lowest BCUT2D eigenvalue weighted by Crippen LogP contribution is -2.13. The maximum absolute atomic E-state index is 14.6. The smallest absolute Gasteiger partial charge is 0.435 e. The molecular formula is C25H18FN5O5. The summed E-state index contributed by atoms with van der Waals surface area (Å²) in [6.07, 6.45) is 3.89. The largest absolute Gasteiger partial charge is 0.454 e. The molecule has 0 unspecified atom stereocenters. The molecule has 0 amide bonds. The molecule has 36 heavy (non-hydrogen) atoms. The lowest BCUT2D eigenvalue weighted by Gasteiger charge is -2.12. The van der Waals surface area contributed by atoms with Gasteiger partial charge in [0.1, 0.15) is 12.4 Å². The summed E-state index contributed by atoms with van der Waals surface area (Å²) in [5.41, 5.74) is 2.22. The van der Waals surface area contributed by atoms with Crippen molar-refractivity contribution in [3.8, 4) is 22.6 Å². The highest BCUT2D eigenvalue weighted by Gasteiger charge is 2.18. The Bertz CT molecular complexity index is 1600. The van der Waals surface area contributed by atoms with Crippen molar-refractivity contribution < 1.29 is 23.6 Å². The molecule has 10 nitrogen and oxygen atoms in total. The third kappa shape index (κ3) is 4.49. The summed E-state index contributed by atoms with van der Waals surface area (Å²) < 4.78 is 28.4. The van der Waals surface area contributed by atoms with E-state index in [4.69, 9.17) is 9.47 Å². The van der Waals surface area contributed by atoms with Crippen LogP contribution in [0, 0.1) is 15.9 Å². The average Bonchev–Trinajstić information content (AvgIpc) is 3.51. The number of non-ortho nitro benzene ring substituents is 1. The molecule has 0 saturated carbocycles. The van der Waals surface area contributed by atoms with E-state index in [0.29, 0.717) is 11.1 Å². The molecule has 0 fully saturated rings. The Morgan fingerprint density at radius 1 is 1.06 bits per heavy atom. The molecule has 0 saturated heterocycles. The van der Waals surface area contributed by atoms with E-state index in [9.17, 15) is 19.3 Å². The maximum atomic E-state index is 14.6. The van der Waals surface area contributed by atoms with E-state index < -0.39 is 22.5 Å². The van der Waals surface area contributed by atoms with Crippen molar-refractivity contribution in [1.29, 1.82) is 0 Å². The molecule has 2 heterocycles. The Hall–Kier alpha value is -5.06. The quantitative estimate of drug-likeness (QED) is 0.231. The van der Waals surface area contributed by atoms with Gasteiger partial charge in [-0.15, -0.1) is 0 Å².